The molecule has 0 aromatic rings. The first kappa shape index (κ1) is 13.2. The zero-order valence-electron chi connectivity index (χ0n) is 8.44. The largest absolute Gasteiger partial charge is 0.409 e. The summed E-state index contributed by atoms with van der Waals surface area (Å²) in [4.78, 5) is 0. The van der Waals surface area contributed by atoms with Crippen LogP contribution >= 0.6 is 0 Å². The molecule has 0 bridgehead atoms. The van der Waals surface area contributed by atoms with Crippen LogP contribution in [0.1, 0.15) is 12.8 Å². The highest BCUT2D eigenvalue weighted by atomic mass is 16.5. The monoisotopic (exact) mass is 205 g/mol. The van der Waals surface area contributed by atoms with Gasteiger partial charge < -0.3 is 26.1 Å². The van der Waals surface area contributed by atoms with E-state index in [2.05, 4.69) is 10.5 Å². The normalized spacial score (nSPS) is 14.3. The zero-order valence-corrected chi connectivity index (χ0v) is 8.44. The van der Waals surface area contributed by atoms with Crippen LogP contribution in [0.25, 0.3) is 0 Å². The van der Waals surface area contributed by atoms with Crippen molar-refractivity contribution in [3.05, 3.63) is 0 Å². The summed E-state index contributed by atoms with van der Waals surface area (Å²) < 4.78 is 4.75. The number of oxime groups is 1. The highest BCUT2D eigenvalue weighted by molar-refractivity contribution is 5.79. The Morgan fingerprint density at radius 1 is 1.64 bits per heavy atom. The summed E-state index contributed by atoms with van der Waals surface area (Å²) in [7, 11) is 1.54. The first-order chi connectivity index (χ1) is 6.70. The fourth-order valence-corrected chi connectivity index (χ4v) is 0.964. The lowest BCUT2D eigenvalue weighted by Crippen LogP contribution is -2.31. The van der Waals surface area contributed by atoms with Gasteiger partial charge in [0.15, 0.2) is 0 Å². The van der Waals surface area contributed by atoms with Gasteiger partial charge in [-0.25, -0.2) is 0 Å². The van der Waals surface area contributed by atoms with Gasteiger partial charge >= 0.3 is 0 Å². The second kappa shape index (κ2) is 8.74. The smallest absolute Gasteiger partial charge is 0.139 e. The van der Waals surface area contributed by atoms with Crippen LogP contribution in [0.15, 0.2) is 5.16 Å². The topological polar surface area (TPSA) is 100 Å². The molecular weight excluding hydrogens is 186 g/mol. The Bertz CT molecular complexity index is 164. The average molecular weight is 205 g/mol. The predicted molar refractivity (Wildman–Crippen MR) is 53.4 cm³/mol. The molecule has 0 aliphatic rings. The SMILES string of the molecule is COCC(O)CNCCCC(N)=NO. The van der Waals surface area contributed by atoms with Crippen LogP contribution < -0.4 is 11.1 Å². The molecular formula is C8H19N3O3. The molecule has 0 saturated carbocycles. The summed E-state index contributed by atoms with van der Waals surface area (Å²) in [5, 5.41) is 23.3. The van der Waals surface area contributed by atoms with E-state index < -0.39 is 6.10 Å². The van der Waals surface area contributed by atoms with Crippen molar-refractivity contribution in [2.75, 3.05) is 26.8 Å². The fraction of sp³-hybridized carbons (Fsp3) is 0.875. The van der Waals surface area contributed by atoms with Gasteiger partial charge in [-0.15, -0.1) is 0 Å². The van der Waals surface area contributed by atoms with Crippen molar-refractivity contribution in [1.82, 2.24) is 5.32 Å². The number of ether oxygens (including phenoxy) is 1. The van der Waals surface area contributed by atoms with Crippen LogP contribution in [0, 0.1) is 0 Å². The van der Waals surface area contributed by atoms with Gasteiger partial charge in [0.1, 0.15) is 5.84 Å². The Balaban J connectivity index is 3.21. The second-order valence-electron chi connectivity index (χ2n) is 3.01. The summed E-state index contributed by atoms with van der Waals surface area (Å²) in [5.41, 5.74) is 5.27. The molecule has 0 fully saturated rings. The van der Waals surface area contributed by atoms with Gasteiger partial charge in [0, 0.05) is 20.1 Å². The van der Waals surface area contributed by atoms with E-state index >= 15 is 0 Å². The minimum atomic E-state index is -0.483. The van der Waals surface area contributed by atoms with Crippen molar-refractivity contribution in [2.45, 2.75) is 18.9 Å². The summed E-state index contributed by atoms with van der Waals surface area (Å²) >= 11 is 0. The van der Waals surface area contributed by atoms with E-state index in [4.69, 9.17) is 15.7 Å². The lowest BCUT2D eigenvalue weighted by molar-refractivity contribution is 0.0647. The molecule has 0 saturated heterocycles. The summed E-state index contributed by atoms with van der Waals surface area (Å²) in [5.74, 6) is 0.226. The van der Waals surface area contributed by atoms with Gasteiger partial charge in [-0.05, 0) is 13.0 Å². The van der Waals surface area contributed by atoms with Gasteiger partial charge in [-0.1, -0.05) is 5.16 Å². The third-order valence-corrected chi connectivity index (χ3v) is 1.65. The first-order valence-electron chi connectivity index (χ1n) is 4.54. The molecule has 14 heavy (non-hydrogen) atoms. The Kier molecular flexibility index (Phi) is 8.20. The van der Waals surface area contributed by atoms with Crippen LogP contribution in [-0.2, 0) is 4.74 Å². The highest BCUT2D eigenvalue weighted by Crippen LogP contribution is 1.87. The molecule has 6 heteroatoms. The number of hydrogen-bond acceptors (Lipinski definition) is 5. The first-order valence-corrected chi connectivity index (χ1v) is 4.54. The van der Waals surface area contributed by atoms with Crippen molar-refractivity contribution < 1.29 is 15.1 Å². The number of methoxy groups -OCH3 is 1. The van der Waals surface area contributed by atoms with E-state index in [1.165, 1.54) is 0 Å². The Morgan fingerprint density at radius 2 is 2.36 bits per heavy atom. The van der Waals surface area contributed by atoms with Crippen molar-refractivity contribution >= 4 is 5.84 Å². The molecule has 0 aromatic carbocycles. The Morgan fingerprint density at radius 3 is 2.93 bits per heavy atom. The highest BCUT2D eigenvalue weighted by Gasteiger charge is 2.01. The lowest BCUT2D eigenvalue weighted by atomic mass is 10.3. The molecule has 0 aromatic heterocycles. The summed E-state index contributed by atoms with van der Waals surface area (Å²) in [6.45, 7) is 1.54. The zero-order chi connectivity index (χ0) is 10.8. The number of nitrogens with two attached hydrogens (primary N) is 1. The van der Waals surface area contributed by atoms with Crippen molar-refractivity contribution in [1.29, 1.82) is 0 Å². The molecule has 1 unspecified atom stereocenters. The lowest BCUT2D eigenvalue weighted by Gasteiger charge is -2.10. The molecule has 0 aliphatic carbocycles. The fourth-order valence-electron chi connectivity index (χ4n) is 0.964. The van der Waals surface area contributed by atoms with E-state index in [0.717, 1.165) is 13.0 Å². The van der Waals surface area contributed by atoms with E-state index in [9.17, 15) is 5.11 Å². The number of aliphatic hydroxyl groups is 1. The van der Waals surface area contributed by atoms with Gasteiger partial charge in [-0.2, -0.15) is 0 Å². The number of amidine groups is 1. The molecule has 0 amide bonds. The van der Waals surface area contributed by atoms with Crippen LogP contribution in [0.5, 0.6) is 0 Å². The molecule has 0 aliphatic heterocycles. The van der Waals surface area contributed by atoms with E-state index in [1.54, 1.807) is 7.11 Å². The van der Waals surface area contributed by atoms with E-state index in [1.807, 2.05) is 0 Å². The maximum absolute atomic E-state index is 9.23. The number of rotatable bonds is 8. The van der Waals surface area contributed by atoms with Crippen LogP contribution in [0.2, 0.25) is 0 Å². The van der Waals surface area contributed by atoms with Gasteiger partial charge in [-0.3, -0.25) is 0 Å². The van der Waals surface area contributed by atoms with Crippen molar-refractivity contribution in [2.24, 2.45) is 10.9 Å². The van der Waals surface area contributed by atoms with E-state index in [-0.39, 0.29) is 5.84 Å². The standard InChI is InChI=1S/C8H19N3O3/c1-14-6-7(12)5-10-4-2-3-8(9)11-13/h7,10,12-13H,2-6H2,1H3,(H2,9,11). The van der Waals surface area contributed by atoms with Gasteiger partial charge in [0.2, 0.25) is 0 Å². The number of aliphatic hydroxyl groups excluding tert-OH is 1. The number of hydrogen-bond donors (Lipinski definition) is 4. The number of nitrogens with zero attached hydrogens (tertiary/aromatic N) is 1. The van der Waals surface area contributed by atoms with E-state index in [0.29, 0.717) is 19.6 Å². The van der Waals surface area contributed by atoms with Crippen LogP contribution in [-0.4, -0.2) is 49.1 Å². The quantitative estimate of drug-likeness (QED) is 0.135. The second-order valence-corrected chi connectivity index (χ2v) is 3.01. The van der Waals surface area contributed by atoms with Gasteiger partial charge in [0.25, 0.3) is 0 Å². The van der Waals surface area contributed by atoms with Gasteiger partial charge in [0.05, 0.1) is 12.7 Å². The third kappa shape index (κ3) is 7.78. The molecule has 5 N–H and O–H groups in total. The molecule has 6 nitrogen and oxygen atoms in total. The maximum Gasteiger partial charge on any atom is 0.139 e. The molecule has 0 rings (SSSR count). The predicted octanol–water partition coefficient (Wildman–Crippen LogP) is -0.890. The maximum atomic E-state index is 9.23. The summed E-state index contributed by atoms with van der Waals surface area (Å²) in [6, 6.07) is 0. The number of nitrogens with one attached hydrogen (secondary N) is 1. The minimum absolute atomic E-state index is 0.226. The Labute approximate surface area is 83.7 Å². The average Bonchev–Trinajstić information content (AvgIpc) is 2.17. The molecule has 0 radical (unpaired) electrons. The summed E-state index contributed by atoms with van der Waals surface area (Å²) in [6.07, 6.45) is 0.836. The van der Waals surface area contributed by atoms with Crippen molar-refractivity contribution in [3.63, 3.8) is 0 Å². The molecule has 0 heterocycles. The molecule has 1 atom stereocenters. The van der Waals surface area contributed by atoms with Crippen LogP contribution in [0.3, 0.4) is 0 Å². The Hall–Kier alpha value is -0.850. The van der Waals surface area contributed by atoms with Crippen molar-refractivity contribution in [3.8, 4) is 0 Å². The molecule has 0 spiro atoms. The minimum Gasteiger partial charge on any atom is -0.409 e. The molecule has 84 valence electrons. The van der Waals surface area contributed by atoms with Crippen LogP contribution in [0.4, 0.5) is 0 Å². The third-order valence-electron chi connectivity index (χ3n) is 1.65.